The number of carbonyl (C=O) groups is 1. The molecule has 3 nitrogen and oxygen atoms in total. The molecule has 0 aromatic carbocycles. The van der Waals surface area contributed by atoms with Crippen LogP contribution in [0.15, 0.2) is 41.6 Å². The first kappa shape index (κ1) is 12.8. The summed E-state index contributed by atoms with van der Waals surface area (Å²) in [6.45, 7) is 2.18. The molecular weight excluding hydrogens is 250 g/mol. The molecule has 0 aliphatic heterocycles. The number of esters is 1. The standard InChI is InChI=1S/C14H14ClNO2/c1-2-18-14(17)11-7-6-10(15)9-12(11)13-5-3-4-8-16-13/h3-6,8-9,11H,2,7H2,1H3. The molecule has 0 N–H and O–H groups in total. The number of halogens is 1. The minimum absolute atomic E-state index is 0.227. The maximum absolute atomic E-state index is 11.9. The van der Waals surface area contributed by atoms with E-state index >= 15 is 0 Å². The number of ether oxygens (including phenoxy) is 1. The summed E-state index contributed by atoms with van der Waals surface area (Å²) in [6, 6.07) is 5.59. The van der Waals surface area contributed by atoms with Crippen LogP contribution in [0.4, 0.5) is 0 Å². The Hall–Kier alpha value is -1.61. The van der Waals surface area contributed by atoms with Crippen molar-refractivity contribution in [3.63, 3.8) is 0 Å². The third-order valence-electron chi connectivity index (χ3n) is 2.75. The molecule has 1 unspecified atom stereocenters. The second-order valence-electron chi connectivity index (χ2n) is 3.94. The molecule has 18 heavy (non-hydrogen) atoms. The smallest absolute Gasteiger partial charge is 0.313 e. The van der Waals surface area contributed by atoms with E-state index in [0.29, 0.717) is 18.1 Å². The number of carbonyl (C=O) groups excluding carboxylic acids is 1. The van der Waals surface area contributed by atoms with Gasteiger partial charge in [0.2, 0.25) is 0 Å². The maximum Gasteiger partial charge on any atom is 0.313 e. The zero-order chi connectivity index (χ0) is 13.0. The topological polar surface area (TPSA) is 39.2 Å². The first-order valence-electron chi connectivity index (χ1n) is 5.87. The molecule has 1 atom stereocenters. The highest BCUT2D eigenvalue weighted by Crippen LogP contribution is 2.33. The molecule has 0 amide bonds. The quantitative estimate of drug-likeness (QED) is 0.787. The predicted octanol–water partition coefficient (Wildman–Crippen LogP) is 3.17. The van der Waals surface area contributed by atoms with Crippen LogP contribution in [0.1, 0.15) is 19.0 Å². The number of nitrogens with zero attached hydrogens (tertiary/aromatic N) is 1. The highest BCUT2D eigenvalue weighted by atomic mass is 35.5. The number of hydrogen-bond donors (Lipinski definition) is 0. The normalized spacial score (nSPS) is 18.9. The van der Waals surface area contributed by atoms with Crippen molar-refractivity contribution >= 4 is 23.1 Å². The van der Waals surface area contributed by atoms with Crippen LogP contribution in [0.25, 0.3) is 5.57 Å². The summed E-state index contributed by atoms with van der Waals surface area (Å²) in [6.07, 6.45) is 5.87. The minimum Gasteiger partial charge on any atom is -0.466 e. The highest BCUT2D eigenvalue weighted by molar-refractivity contribution is 6.32. The summed E-state index contributed by atoms with van der Waals surface area (Å²) < 4.78 is 5.09. The van der Waals surface area contributed by atoms with E-state index in [1.165, 1.54) is 0 Å². The Morgan fingerprint density at radius 1 is 1.56 bits per heavy atom. The van der Waals surface area contributed by atoms with E-state index in [1.807, 2.05) is 24.3 Å². The summed E-state index contributed by atoms with van der Waals surface area (Å²) in [5.74, 6) is -0.544. The predicted molar refractivity (Wildman–Crippen MR) is 70.9 cm³/mol. The van der Waals surface area contributed by atoms with E-state index in [1.54, 1.807) is 19.2 Å². The molecule has 2 rings (SSSR count). The molecule has 1 aliphatic carbocycles. The zero-order valence-electron chi connectivity index (χ0n) is 10.1. The summed E-state index contributed by atoms with van der Waals surface area (Å²) in [4.78, 5) is 16.2. The molecule has 1 aromatic heterocycles. The lowest BCUT2D eigenvalue weighted by molar-refractivity contribution is -0.145. The largest absolute Gasteiger partial charge is 0.466 e. The van der Waals surface area contributed by atoms with Crippen molar-refractivity contribution in [3.05, 3.63) is 47.3 Å². The van der Waals surface area contributed by atoms with Crippen molar-refractivity contribution in [3.8, 4) is 0 Å². The summed E-state index contributed by atoms with van der Waals surface area (Å²) in [5, 5.41) is 0.635. The lowest BCUT2D eigenvalue weighted by atomic mass is 9.89. The van der Waals surface area contributed by atoms with Crippen LogP contribution in [0.5, 0.6) is 0 Å². The number of hydrogen-bond acceptors (Lipinski definition) is 3. The number of aromatic nitrogens is 1. The van der Waals surface area contributed by atoms with Gasteiger partial charge in [0, 0.05) is 11.2 Å². The van der Waals surface area contributed by atoms with Gasteiger partial charge >= 0.3 is 5.97 Å². The van der Waals surface area contributed by atoms with E-state index in [0.717, 1.165) is 11.3 Å². The molecule has 0 saturated heterocycles. The van der Waals surface area contributed by atoms with Crippen LogP contribution in [-0.4, -0.2) is 17.6 Å². The summed E-state index contributed by atoms with van der Waals surface area (Å²) in [5.41, 5.74) is 1.59. The zero-order valence-corrected chi connectivity index (χ0v) is 10.9. The van der Waals surface area contributed by atoms with Crippen molar-refractivity contribution in [2.45, 2.75) is 13.3 Å². The molecule has 0 spiro atoms. The van der Waals surface area contributed by atoms with Crippen LogP contribution in [0.3, 0.4) is 0 Å². The van der Waals surface area contributed by atoms with Crippen molar-refractivity contribution in [1.82, 2.24) is 4.98 Å². The highest BCUT2D eigenvalue weighted by Gasteiger charge is 2.27. The van der Waals surface area contributed by atoms with Crippen LogP contribution < -0.4 is 0 Å². The molecular formula is C14H14ClNO2. The van der Waals surface area contributed by atoms with E-state index in [-0.39, 0.29) is 11.9 Å². The molecule has 0 saturated carbocycles. The lowest BCUT2D eigenvalue weighted by Gasteiger charge is -2.20. The van der Waals surface area contributed by atoms with E-state index < -0.39 is 0 Å². The first-order valence-corrected chi connectivity index (χ1v) is 6.25. The molecule has 1 aliphatic rings. The van der Waals surface area contributed by atoms with Crippen LogP contribution in [0.2, 0.25) is 0 Å². The molecule has 0 bridgehead atoms. The van der Waals surface area contributed by atoms with Crippen LogP contribution in [-0.2, 0) is 9.53 Å². The third kappa shape index (κ3) is 2.79. The van der Waals surface area contributed by atoms with Gasteiger partial charge in [0.15, 0.2) is 0 Å². The lowest BCUT2D eigenvalue weighted by Crippen LogP contribution is -2.21. The average Bonchev–Trinajstić information content (AvgIpc) is 2.40. The molecule has 0 radical (unpaired) electrons. The van der Waals surface area contributed by atoms with Crippen molar-refractivity contribution < 1.29 is 9.53 Å². The third-order valence-corrected chi connectivity index (χ3v) is 3.01. The Kier molecular flexibility index (Phi) is 4.15. The summed E-state index contributed by atoms with van der Waals surface area (Å²) >= 11 is 6.01. The minimum atomic E-state index is -0.317. The van der Waals surface area contributed by atoms with Gasteiger partial charge in [-0.25, -0.2) is 0 Å². The van der Waals surface area contributed by atoms with E-state index in [4.69, 9.17) is 16.3 Å². The second kappa shape index (κ2) is 5.83. The molecule has 1 aromatic rings. The Bertz CT molecular complexity index is 494. The van der Waals surface area contributed by atoms with E-state index in [2.05, 4.69) is 4.98 Å². The van der Waals surface area contributed by atoms with Gasteiger partial charge in [-0.05, 0) is 37.1 Å². The Morgan fingerprint density at radius 3 is 3.06 bits per heavy atom. The molecule has 4 heteroatoms. The number of pyridine rings is 1. The van der Waals surface area contributed by atoms with E-state index in [9.17, 15) is 4.79 Å². The Balaban J connectivity index is 2.32. The van der Waals surface area contributed by atoms with Gasteiger partial charge in [0.1, 0.15) is 0 Å². The molecule has 0 fully saturated rings. The second-order valence-corrected chi connectivity index (χ2v) is 4.38. The van der Waals surface area contributed by atoms with Gasteiger partial charge < -0.3 is 4.74 Å². The SMILES string of the molecule is CCOC(=O)C1CC=C(Cl)C=C1c1ccccn1. The maximum atomic E-state index is 11.9. The fourth-order valence-corrected chi connectivity index (χ4v) is 2.12. The van der Waals surface area contributed by atoms with Gasteiger partial charge in [-0.3, -0.25) is 9.78 Å². The number of allylic oxidation sites excluding steroid dienone is 3. The van der Waals surface area contributed by atoms with Gasteiger partial charge in [0.25, 0.3) is 0 Å². The van der Waals surface area contributed by atoms with Crippen molar-refractivity contribution in [1.29, 1.82) is 0 Å². The van der Waals surface area contributed by atoms with Crippen LogP contribution >= 0.6 is 11.6 Å². The Morgan fingerprint density at radius 2 is 2.39 bits per heavy atom. The van der Waals surface area contributed by atoms with Gasteiger partial charge in [-0.1, -0.05) is 23.7 Å². The number of rotatable bonds is 3. The van der Waals surface area contributed by atoms with Crippen LogP contribution in [0, 0.1) is 5.92 Å². The summed E-state index contributed by atoms with van der Waals surface area (Å²) in [7, 11) is 0. The molecule has 94 valence electrons. The van der Waals surface area contributed by atoms with Gasteiger partial charge in [0.05, 0.1) is 18.2 Å². The monoisotopic (exact) mass is 263 g/mol. The fourth-order valence-electron chi connectivity index (χ4n) is 1.92. The van der Waals surface area contributed by atoms with Crippen molar-refractivity contribution in [2.24, 2.45) is 5.92 Å². The average molecular weight is 264 g/mol. The van der Waals surface area contributed by atoms with Crippen molar-refractivity contribution in [2.75, 3.05) is 6.61 Å². The molecule has 1 heterocycles. The van der Waals surface area contributed by atoms with Gasteiger partial charge in [-0.2, -0.15) is 0 Å². The van der Waals surface area contributed by atoms with Gasteiger partial charge in [-0.15, -0.1) is 0 Å². The first-order chi connectivity index (χ1) is 8.72. The fraction of sp³-hybridized carbons (Fsp3) is 0.286. The Labute approximate surface area is 111 Å².